The number of ketones is 2. The first-order valence-corrected chi connectivity index (χ1v) is 23.4. The van der Waals surface area contributed by atoms with Crippen LogP contribution in [-0.2, 0) is 40.5 Å². The fraction of sp³-hybridized carbons (Fsp3) is 0.0263. The van der Waals surface area contributed by atoms with E-state index in [4.69, 9.17) is 4.74 Å². The zero-order valence-electron chi connectivity index (χ0n) is 32.0. The molecule has 0 radical (unpaired) electrons. The molecule has 330 valence electrons. The lowest BCUT2D eigenvalue weighted by molar-refractivity contribution is 0.105. The Kier molecular flexibility index (Phi) is 11.6. The Bertz CT molecular complexity index is 3490. The number of rotatable bonds is 11. The summed E-state index contributed by atoms with van der Waals surface area (Å²) in [6.45, 7) is 0. The van der Waals surface area contributed by atoms with Gasteiger partial charge in [-0.25, -0.2) is 4.79 Å². The van der Waals surface area contributed by atoms with Gasteiger partial charge in [0.15, 0.2) is 11.4 Å². The zero-order valence-corrected chi connectivity index (χ0v) is 35.3. The number of Topliss-reactive ketones (excluding diaryl/α,β-unsaturated/α-hetero) is 2. The van der Waals surface area contributed by atoms with E-state index >= 15 is 0 Å². The Balaban J connectivity index is 1.09. The third kappa shape index (κ3) is 9.43. The Hall–Kier alpha value is -7.17. The number of ether oxygens (including phenoxy) is 1. The zero-order chi connectivity index (χ0) is 46.5. The van der Waals surface area contributed by atoms with Gasteiger partial charge in [-0.15, -0.1) is 0 Å². The van der Waals surface area contributed by atoms with Crippen LogP contribution < -0.4 is 26.2 Å². The second kappa shape index (κ2) is 16.5. The van der Waals surface area contributed by atoms with Gasteiger partial charge in [0.1, 0.15) is 15.6 Å². The smallest absolute Gasteiger partial charge is 0.323 e. The first-order valence-electron chi connectivity index (χ1n) is 17.6. The molecule has 2 aliphatic carbocycles. The molecule has 2 amide bonds. The molecule has 0 unspecified atom stereocenters. The summed E-state index contributed by atoms with van der Waals surface area (Å²) in [5.41, 5.74) is 3.41. The van der Waals surface area contributed by atoms with Crippen molar-refractivity contribution >= 4 is 115 Å². The van der Waals surface area contributed by atoms with Crippen LogP contribution in [0.4, 0.5) is 27.5 Å². The van der Waals surface area contributed by atoms with Gasteiger partial charge < -0.3 is 15.4 Å². The van der Waals surface area contributed by atoms with Crippen molar-refractivity contribution in [2.45, 2.75) is 9.79 Å². The van der Waals surface area contributed by atoms with Crippen LogP contribution in [0.15, 0.2) is 121 Å². The van der Waals surface area contributed by atoms with Gasteiger partial charge in [0, 0.05) is 28.6 Å². The summed E-state index contributed by atoms with van der Waals surface area (Å²) in [7, 11) is -18.1. The summed E-state index contributed by atoms with van der Waals surface area (Å²) in [4.78, 5) is 37.4. The van der Waals surface area contributed by atoms with Crippen molar-refractivity contribution in [2.75, 3.05) is 28.6 Å². The minimum Gasteiger partial charge on any atom is -0.494 e. The Morgan fingerprint density at radius 1 is 0.531 bits per heavy atom. The van der Waals surface area contributed by atoms with Crippen LogP contribution in [0.5, 0.6) is 5.75 Å². The van der Waals surface area contributed by atoms with E-state index in [0.717, 1.165) is 43.5 Å². The SMILES string of the molecule is COc1cc(S(=O)(=O)O)ccc1NN=C1C(=O)c2ccc(NC(=O)Nc3ccc4c(c3)C=C(S(=O)(=O)O)C(=NNc3ccc5cc(S(=O)(=O)O)ccc5c3)C4=O)cc2C=C1S(=O)(=O)O. The number of hydrazone groups is 2. The van der Waals surface area contributed by atoms with E-state index in [1.54, 1.807) is 0 Å². The van der Waals surface area contributed by atoms with Crippen molar-refractivity contribution in [1.29, 1.82) is 0 Å². The maximum atomic E-state index is 13.5. The molecule has 0 saturated carbocycles. The number of methoxy groups -OCH3 is 1. The molecule has 5 aromatic carbocycles. The molecular formula is C38H28N6O16S4. The molecule has 5 aromatic rings. The van der Waals surface area contributed by atoms with Gasteiger partial charge in [-0.3, -0.25) is 38.7 Å². The number of nitrogens with one attached hydrogen (secondary N) is 4. The highest BCUT2D eigenvalue weighted by Gasteiger charge is 2.35. The Morgan fingerprint density at radius 2 is 0.984 bits per heavy atom. The van der Waals surface area contributed by atoms with Gasteiger partial charge in [0.25, 0.3) is 40.5 Å². The summed E-state index contributed by atoms with van der Waals surface area (Å²) in [5, 5.41) is 13.6. The molecule has 7 rings (SSSR count). The summed E-state index contributed by atoms with van der Waals surface area (Å²) in [6.07, 6.45) is 1.86. The number of carbonyl (C=O) groups excluding carboxylic acids is 3. The van der Waals surface area contributed by atoms with Gasteiger partial charge in [0.2, 0.25) is 11.6 Å². The van der Waals surface area contributed by atoms with Gasteiger partial charge >= 0.3 is 6.03 Å². The van der Waals surface area contributed by atoms with E-state index in [1.165, 1.54) is 66.7 Å². The molecule has 0 spiro atoms. The second-order valence-electron chi connectivity index (χ2n) is 13.5. The molecule has 0 saturated heterocycles. The van der Waals surface area contributed by atoms with E-state index in [-0.39, 0.29) is 55.6 Å². The molecular weight excluding hydrogens is 925 g/mol. The van der Waals surface area contributed by atoms with E-state index < -0.39 is 84.2 Å². The number of urea groups is 1. The number of carbonyl (C=O) groups is 3. The highest BCUT2D eigenvalue weighted by molar-refractivity contribution is 7.91. The second-order valence-corrected chi connectivity index (χ2v) is 19.1. The maximum Gasteiger partial charge on any atom is 0.323 e. The molecule has 0 heterocycles. The quantitative estimate of drug-likeness (QED) is 0.0652. The van der Waals surface area contributed by atoms with Crippen LogP contribution >= 0.6 is 0 Å². The molecule has 0 atom stereocenters. The molecule has 26 heteroatoms. The lowest BCUT2D eigenvalue weighted by Crippen LogP contribution is -2.27. The summed E-state index contributed by atoms with van der Waals surface area (Å²) in [5.74, 6) is -2.08. The Labute approximate surface area is 362 Å². The normalized spacial score (nSPS) is 15.5. The van der Waals surface area contributed by atoms with E-state index in [2.05, 4.69) is 31.7 Å². The van der Waals surface area contributed by atoms with E-state index in [0.29, 0.717) is 10.8 Å². The molecule has 22 nitrogen and oxygen atoms in total. The third-order valence-corrected chi connectivity index (χ3v) is 12.7. The lowest BCUT2D eigenvalue weighted by Gasteiger charge is -2.18. The molecule has 2 aliphatic rings. The highest BCUT2D eigenvalue weighted by atomic mass is 32.2. The molecule has 0 fully saturated rings. The minimum absolute atomic E-state index is 0.0153. The van der Waals surface area contributed by atoms with E-state index in [1.807, 2.05) is 0 Å². The lowest BCUT2D eigenvalue weighted by atomic mass is 9.94. The summed E-state index contributed by atoms with van der Waals surface area (Å²) >= 11 is 0. The minimum atomic E-state index is -5.12. The van der Waals surface area contributed by atoms with Gasteiger partial charge in [0.05, 0.1) is 28.3 Å². The van der Waals surface area contributed by atoms with Crippen LogP contribution in [0.1, 0.15) is 31.8 Å². The number of allylic oxidation sites excluding steroid dienone is 2. The number of fused-ring (bicyclic) bond motifs is 3. The number of benzene rings is 5. The average Bonchev–Trinajstić information content (AvgIpc) is 3.21. The predicted octanol–water partition coefficient (Wildman–Crippen LogP) is 4.77. The molecule has 64 heavy (non-hydrogen) atoms. The topological polar surface area (TPSA) is 351 Å². The van der Waals surface area contributed by atoms with Crippen LogP contribution in [-0.4, -0.2) is 88.0 Å². The standard InChI is InChI=1S/C38H28N6O16S4/c1-60-31-18-27(62(51,52)53)8-11-30(31)42-44-35-33(64(57,58)59)17-22-14-24(6-10-29(22)37(35)46)40-38(47)39-23-5-9-28-21(13-23)16-32(63(54,55)56)34(36(28)45)43-41-25-4-2-20-15-26(61(48,49)50)7-3-19(20)12-25/h2-18,41-42H,1H3,(H2,39,40,47)(H,48,49,50)(H,51,52,53)(H,54,55,56)(H,57,58,59). The van der Waals surface area contributed by atoms with Crippen molar-refractivity contribution in [3.63, 3.8) is 0 Å². The van der Waals surface area contributed by atoms with Gasteiger partial charge in [-0.05, 0) is 107 Å². The van der Waals surface area contributed by atoms with Gasteiger partial charge in [-0.2, -0.15) is 43.9 Å². The van der Waals surface area contributed by atoms with Crippen LogP contribution in [0, 0.1) is 0 Å². The number of hydrogen-bond acceptors (Lipinski definition) is 16. The van der Waals surface area contributed by atoms with Crippen LogP contribution in [0.3, 0.4) is 0 Å². The fourth-order valence-electron chi connectivity index (χ4n) is 6.34. The van der Waals surface area contributed by atoms with E-state index in [9.17, 15) is 66.3 Å². The number of anilines is 4. The fourth-order valence-corrected chi connectivity index (χ4v) is 8.67. The number of nitrogens with zero attached hydrogens (tertiary/aromatic N) is 2. The molecule has 8 N–H and O–H groups in total. The average molecular weight is 953 g/mol. The summed E-state index contributed by atoms with van der Waals surface area (Å²) in [6, 6.07) is 17.8. The monoisotopic (exact) mass is 952 g/mol. The largest absolute Gasteiger partial charge is 0.494 e. The van der Waals surface area contributed by atoms with Crippen LogP contribution in [0.25, 0.3) is 22.9 Å². The van der Waals surface area contributed by atoms with Gasteiger partial charge in [-0.1, -0.05) is 12.1 Å². The first kappa shape index (κ1) is 44.9. The maximum absolute atomic E-state index is 13.5. The predicted molar refractivity (Wildman–Crippen MR) is 232 cm³/mol. The molecule has 0 aliphatic heterocycles. The van der Waals surface area contributed by atoms with Crippen LogP contribution in [0.2, 0.25) is 0 Å². The third-order valence-electron chi connectivity index (χ3n) is 9.30. The van der Waals surface area contributed by atoms with Crippen molar-refractivity contribution in [3.8, 4) is 5.75 Å². The number of hydrogen-bond donors (Lipinski definition) is 8. The molecule has 0 bridgehead atoms. The highest BCUT2D eigenvalue weighted by Crippen LogP contribution is 2.32. The van der Waals surface area contributed by atoms with Crippen molar-refractivity contribution in [2.24, 2.45) is 10.2 Å². The summed E-state index contributed by atoms with van der Waals surface area (Å²) < 4.78 is 140. The van der Waals surface area contributed by atoms with Crippen molar-refractivity contribution in [1.82, 2.24) is 0 Å². The molecule has 0 aromatic heterocycles. The van der Waals surface area contributed by atoms with Crippen molar-refractivity contribution < 1.29 is 71.0 Å². The van der Waals surface area contributed by atoms with Crippen molar-refractivity contribution in [3.05, 3.63) is 123 Å². The number of amides is 2. The Morgan fingerprint density at radius 3 is 1.48 bits per heavy atom. The first-order chi connectivity index (χ1) is 29.9.